The summed E-state index contributed by atoms with van der Waals surface area (Å²) < 4.78 is 24.2. The van der Waals surface area contributed by atoms with Crippen molar-refractivity contribution in [1.82, 2.24) is 26.4 Å². The average molecular weight is 440 g/mol. The molecular weight excluding hydrogens is 398 g/mol. The first-order chi connectivity index (χ1) is 15.1. The van der Waals surface area contributed by atoms with Gasteiger partial charge < -0.3 is 18.9 Å². The van der Waals surface area contributed by atoms with Gasteiger partial charge >= 0.3 is 0 Å². The molecule has 0 aromatic rings. The Morgan fingerprint density at radius 1 is 0.903 bits per heavy atom. The van der Waals surface area contributed by atoms with Gasteiger partial charge in [0.1, 0.15) is 0 Å². The summed E-state index contributed by atoms with van der Waals surface area (Å²) in [4.78, 5) is 2.47. The molecule has 5 fully saturated rings. The van der Waals surface area contributed by atoms with Crippen molar-refractivity contribution in [1.29, 1.82) is 0 Å². The third-order valence-electron chi connectivity index (χ3n) is 7.83. The van der Waals surface area contributed by atoms with Crippen LogP contribution < -0.4 is 21.5 Å². The Morgan fingerprint density at radius 3 is 2.61 bits per heavy atom. The van der Waals surface area contributed by atoms with Crippen LogP contribution in [0.3, 0.4) is 0 Å². The minimum atomic E-state index is -0.190. The van der Waals surface area contributed by atoms with Crippen LogP contribution in [0.1, 0.15) is 46.0 Å². The Balaban J connectivity index is 1.33. The molecule has 4 bridgehead atoms. The average Bonchev–Trinajstić information content (AvgIpc) is 3.13. The second-order valence-corrected chi connectivity index (χ2v) is 10.2. The van der Waals surface area contributed by atoms with Crippen LogP contribution in [-0.2, 0) is 18.9 Å². The van der Waals surface area contributed by atoms with Gasteiger partial charge in [0.25, 0.3) is 0 Å². The van der Waals surface area contributed by atoms with E-state index in [1.807, 2.05) is 0 Å². The minimum absolute atomic E-state index is 0.00973. The molecule has 7 unspecified atom stereocenters. The number of likely N-dealkylation sites (tertiary alicyclic amines) is 1. The van der Waals surface area contributed by atoms with Crippen molar-refractivity contribution < 1.29 is 18.9 Å². The van der Waals surface area contributed by atoms with Crippen LogP contribution in [-0.4, -0.2) is 93.4 Å². The van der Waals surface area contributed by atoms with E-state index in [2.05, 4.69) is 40.2 Å². The Hall–Kier alpha value is -0.360. The molecule has 4 heterocycles. The number of nitrogens with one attached hydrogen (secondary N) is 4. The van der Waals surface area contributed by atoms with Gasteiger partial charge in [-0.2, -0.15) is 0 Å². The summed E-state index contributed by atoms with van der Waals surface area (Å²) in [6.45, 7) is 7.52. The fourth-order valence-electron chi connectivity index (χ4n) is 5.99. The van der Waals surface area contributed by atoms with E-state index in [1.165, 1.54) is 0 Å². The standard InChI is InChI=1S/C22H41N5O4/c1-13-6-7-29-12-14(2)31-22-23-19(9-20(24-22)27-10-16(11-27)28-3)21-17-8-15(30-13)4-5-18(17)25-26-21/h13-26H,4-12H2,1-3H3/t13-,14+,15?,17?,18?,19?,20?,21?,22?/m0/s1. The van der Waals surface area contributed by atoms with Crippen LogP contribution in [0.5, 0.6) is 0 Å². The summed E-state index contributed by atoms with van der Waals surface area (Å²) >= 11 is 0. The van der Waals surface area contributed by atoms with Crippen LogP contribution in [0.2, 0.25) is 0 Å². The lowest BCUT2D eigenvalue weighted by Gasteiger charge is -2.50. The first-order valence-corrected chi connectivity index (χ1v) is 12.3. The fourth-order valence-corrected chi connectivity index (χ4v) is 5.99. The Kier molecular flexibility index (Phi) is 7.14. The van der Waals surface area contributed by atoms with Gasteiger partial charge in [-0.3, -0.25) is 26.4 Å². The van der Waals surface area contributed by atoms with Gasteiger partial charge in [-0.15, -0.1) is 0 Å². The topological polar surface area (TPSA) is 88.3 Å². The monoisotopic (exact) mass is 439 g/mol. The maximum atomic E-state index is 6.44. The predicted octanol–water partition coefficient (Wildman–Crippen LogP) is 0.122. The van der Waals surface area contributed by atoms with E-state index in [4.69, 9.17) is 18.9 Å². The first-order valence-electron chi connectivity index (χ1n) is 12.3. The van der Waals surface area contributed by atoms with Crippen LogP contribution in [0.15, 0.2) is 0 Å². The predicted molar refractivity (Wildman–Crippen MR) is 116 cm³/mol. The van der Waals surface area contributed by atoms with Gasteiger partial charge in [0.2, 0.25) is 0 Å². The van der Waals surface area contributed by atoms with E-state index in [0.29, 0.717) is 49.5 Å². The molecule has 0 spiro atoms. The van der Waals surface area contributed by atoms with Gasteiger partial charge in [-0.25, -0.2) is 0 Å². The summed E-state index contributed by atoms with van der Waals surface area (Å²) in [7, 11) is 1.80. The maximum absolute atomic E-state index is 6.44. The van der Waals surface area contributed by atoms with Crippen LogP contribution in [0.4, 0.5) is 0 Å². The molecule has 0 radical (unpaired) electrons. The molecule has 4 aliphatic heterocycles. The molecule has 4 saturated heterocycles. The van der Waals surface area contributed by atoms with Crippen molar-refractivity contribution >= 4 is 0 Å². The van der Waals surface area contributed by atoms with E-state index in [0.717, 1.165) is 45.2 Å². The van der Waals surface area contributed by atoms with Crippen LogP contribution >= 0.6 is 0 Å². The SMILES string of the molecule is COC1CN(C2CC3NC(N2)O[C@H](C)COCC[C@H](C)OC2CCC4NNC3C4C2)C1. The molecule has 0 aromatic heterocycles. The highest BCUT2D eigenvalue weighted by molar-refractivity contribution is 5.04. The lowest BCUT2D eigenvalue weighted by atomic mass is 9.77. The lowest BCUT2D eigenvalue weighted by molar-refractivity contribution is -0.132. The molecule has 9 nitrogen and oxygen atoms in total. The second-order valence-electron chi connectivity index (χ2n) is 10.2. The summed E-state index contributed by atoms with van der Waals surface area (Å²) in [6, 6.07) is 1.20. The normalized spacial score (nSPS) is 47.9. The lowest BCUT2D eigenvalue weighted by Crippen LogP contribution is -2.71. The highest BCUT2D eigenvalue weighted by Gasteiger charge is 2.47. The Morgan fingerprint density at radius 2 is 1.77 bits per heavy atom. The maximum Gasteiger partial charge on any atom is 0.165 e. The number of rotatable bonds is 2. The molecular formula is C22H41N5O4. The van der Waals surface area contributed by atoms with Crippen molar-refractivity contribution in [3.8, 4) is 0 Å². The van der Waals surface area contributed by atoms with E-state index >= 15 is 0 Å². The molecule has 178 valence electrons. The van der Waals surface area contributed by atoms with Crippen molar-refractivity contribution in [2.24, 2.45) is 5.92 Å². The molecule has 0 amide bonds. The third kappa shape index (κ3) is 5.10. The third-order valence-corrected chi connectivity index (χ3v) is 7.83. The number of hydrazine groups is 1. The highest BCUT2D eigenvalue weighted by Crippen LogP contribution is 2.35. The molecule has 1 saturated carbocycles. The van der Waals surface area contributed by atoms with E-state index in [-0.39, 0.29) is 24.7 Å². The molecule has 31 heavy (non-hydrogen) atoms. The van der Waals surface area contributed by atoms with Crippen LogP contribution in [0.25, 0.3) is 0 Å². The van der Waals surface area contributed by atoms with Gasteiger partial charge in [-0.1, -0.05) is 0 Å². The van der Waals surface area contributed by atoms with Crippen molar-refractivity contribution in [3.63, 3.8) is 0 Å². The minimum Gasteiger partial charge on any atom is -0.379 e. The van der Waals surface area contributed by atoms with Gasteiger partial charge in [0, 0.05) is 44.9 Å². The summed E-state index contributed by atoms with van der Waals surface area (Å²) in [5.41, 5.74) is 7.25. The highest BCUT2D eigenvalue weighted by atomic mass is 16.6. The van der Waals surface area contributed by atoms with E-state index in [9.17, 15) is 0 Å². The molecule has 4 N–H and O–H groups in total. The van der Waals surface area contributed by atoms with Crippen molar-refractivity contribution in [3.05, 3.63) is 0 Å². The van der Waals surface area contributed by atoms with Gasteiger partial charge in [-0.05, 0) is 51.9 Å². The number of fused-ring (bicyclic) bond motifs is 4. The fraction of sp³-hybridized carbons (Fsp3) is 1.00. The number of nitrogens with zero attached hydrogens (tertiary/aromatic N) is 1. The molecule has 0 aromatic carbocycles. The largest absolute Gasteiger partial charge is 0.379 e. The molecule has 9 atom stereocenters. The zero-order chi connectivity index (χ0) is 21.4. The van der Waals surface area contributed by atoms with Crippen molar-refractivity contribution in [2.45, 2.75) is 101 Å². The van der Waals surface area contributed by atoms with E-state index < -0.39 is 0 Å². The Bertz CT molecular complexity index is 594. The molecule has 5 aliphatic rings. The van der Waals surface area contributed by atoms with Crippen molar-refractivity contribution in [2.75, 3.05) is 33.4 Å². The number of hydrogen-bond acceptors (Lipinski definition) is 9. The van der Waals surface area contributed by atoms with Gasteiger partial charge in [0.05, 0.1) is 37.2 Å². The summed E-state index contributed by atoms with van der Waals surface area (Å²) in [5.74, 6) is 0.560. The number of ether oxygens (including phenoxy) is 4. The zero-order valence-electron chi connectivity index (χ0n) is 19.2. The second kappa shape index (κ2) is 9.87. The number of hydrogen-bond donors (Lipinski definition) is 4. The first kappa shape index (κ1) is 22.4. The summed E-state index contributed by atoms with van der Waals surface area (Å²) in [6.07, 6.45) is 6.37. The molecule has 9 heteroatoms. The number of methoxy groups -OCH3 is 1. The quantitative estimate of drug-likeness (QED) is 0.479. The Labute approximate surface area is 186 Å². The smallest absolute Gasteiger partial charge is 0.165 e. The molecule has 5 rings (SSSR count). The zero-order valence-corrected chi connectivity index (χ0v) is 19.2. The van der Waals surface area contributed by atoms with E-state index in [1.54, 1.807) is 7.11 Å². The summed E-state index contributed by atoms with van der Waals surface area (Å²) in [5, 5.41) is 7.44. The molecule has 1 aliphatic carbocycles. The van der Waals surface area contributed by atoms with Gasteiger partial charge in [0.15, 0.2) is 6.35 Å². The van der Waals surface area contributed by atoms with Crippen LogP contribution in [0, 0.1) is 5.92 Å².